The Labute approximate surface area is 196 Å². The number of benzene rings is 3. The topological polar surface area (TPSA) is 79.3 Å². The molecule has 0 aliphatic heterocycles. The number of nitrogens with one attached hydrogen (secondary N) is 1. The number of aromatic carboxylic acids is 1. The lowest BCUT2D eigenvalue weighted by atomic mass is 9.86. The summed E-state index contributed by atoms with van der Waals surface area (Å²) in [6.45, 7) is 6.51. The maximum absolute atomic E-state index is 13.1. The molecule has 0 atom stereocenters. The average Bonchev–Trinajstić information content (AvgIpc) is 3.27. The van der Waals surface area contributed by atoms with Crippen LogP contribution in [0.25, 0.3) is 22.4 Å². The quantitative estimate of drug-likeness (QED) is 0.349. The fourth-order valence-electron chi connectivity index (χ4n) is 3.52. The first-order valence-corrected chi connectivity index (χ1v) is 11.4. The maximum Gasteiger partial charge on any atom is 0.335 e. The first-order chi connectivity index (χ1) is 15.7. The van der Waals surface area contributed by atoms with Crippen molar-refractivity contribution in [3.8, 4) is 22.4 Å². The van der Waals surface area contributed by atoms with E-state index in [1.807, 2.05) is 30.3 Å². The van der Waals surface area contributed by atoms with Crippen molar-refractivity contribution in [2.45, 2.75) is 26.2 Å². The van der Waals surface area contributed by atoms with Gasteiger partial charge in [0.15, 0.2) is 5.13 Å². The van der Waals surface area contributed by atoms with Crippen molar-refractivity contribution in [2.75, 3.05) is 5.32 Å². The number of aromatic nitrogens is 1. The van der Waals surface area contributed by atoms with Gasteiger partial charge in [-0.1, -0.05) is 75.4 Å². The van der Waals surface area contributed by atoms with Crippen LogP contribution in [0.1, 0.15) is 47.1 Å². The Morgan fingerprint density at radius 2 is 1.64 bits per heavy atom. The van der Waals surface area contributed by atoms with Crippen LogP contribution in [-0.2, 0) is 5.41 Å². The summed E-state index contributed by atoms with van der Waals surface area (Å²) in [5, 5.41) is 14.3. The zero-order valence-electron chi connectivity index (χ0n) is 18.6. The summed E-state index contributed by atoms with van der Waals surface area (Å²) in [7, 11) is 0. The highest BCUT2D eigenvalue weighted by Gasteiger charge is 2.17. The second kappa shape index (κ2) is 9.00. The number of nitrogens with zero attached hydrogens (tertiary/aromatic N) is 1. The van der Waals surface area contributed by atoms with Gasteiger partial charge in [-0.25, -0.2) is 9.78 Å². The van der Waals surface area contributed by atoms with Crippen LogP contribution >= 0.6 is 11.3 Å². The van der Waals surface area contributed by atoms with Gasteiger partial charge in [-0.3, -0.25) is 10.1 Å². The van der Waals surface area contributed by atoms with Crippen LogP contribution in [0.2, 0.25) is 0 Å². The van der Waals surface area contributed by atoms with E-state index in [0.717, 1.165) is 11.1 Å². The first-order valence-electron chi connectivity index (χ1n) is 10.5. The number of carbonyl (C=O) groups is 2. The number of carbonyl (C=O) groups excluding carboxylic acids is 1. The summed E-state index contributed by atoms with van der Waals surface area (Å²) < 4.78 is 0. The Bertz CT molecular complexity index is 1320. The van der Waals surface area contributed by atoms with Crippen molar-refractivity contribution in [2.24, 2.45) is 0 Å². The predicted molar refractivity (Wildman–Crippen MR) is 133 cm³/mol. The second-order valence-electron chi connectivity index (χ2n) is 8.75. The maximum atomic E-state index is 13.1. The summed E-state index contributed by atoms with van der Waals surface area (Å²) >= 11 is 1.30. The van der Waals surface area contributed by atoms with Gasteiger partial charge in [0.25, 0.3) is 5.91 Å². The van der Waals surface area contributed by atoms with E-state index in [1.165, 1.54) is 23.0 Å². The number of carboxylic acid groups (broad SMARTS) is 1. The fourth-order valence-corrected chi connectivity index (χ4v) is 4.24. The standard InChI is InChI=1S/C27H24N2O3S/c1-27(2,3)20-13-11-17(12-14-20)21-9-4-5-10-22(21)24(30)29-26-28-23(16-33-26)18-7-6-8-19(15-18)25(31)32/h4-16H,1-3H3,(H,31,32)(H,28,29,30). The summed E-state index contributed by atoms with van der Waals surface area (Å²) in [6.07, 6.45) is 0. The fraction of sp³-hybridized carbons (Fsp3) is 0.148. The van der Waals surface area contributed by atoms with Gasteiger partial charge >= 0.3 is 5.97 Å². The number of hydrogen-bond acceptors (Lipinski definition) is 4. The second-order valence-corrected chi connectivity index (χ2v) is 9.61. The Balaban J connectivity index is 1.57. The Morgan fingerprint density at radius 3 is 2.33 bits per heavy atom. The molecule has 4 aromatic rings. The SMILES string of the molecule is CC(C)(C)c1ccc(-c2ccccc2C(=O)Nc2nc(-c3cccc(C(=O)O)c3)cs2)cc1. The number of amides is 1. The molecule has 0 bridgehead atoms. The normalized spacial score (nSPS) is 11.2. The average molecular weight is 457 g/mol. The van der Waals surface area contributed by atoms with E-state index < -0.39 is 5.97 Å². The Morgan fingerprint density at radius 1 is 0.909 bits per heavy atom. The summed E-state index contributed by atoms with van der Waals surface area (Å²) in [5.41, 5.74) is 5.16. The number of hydrogen-bond donors (Lipinski definition) is 2. The van der Waals surface area contributed by atoms with Crippen molar-refractivity contribution in [3.63, 3.8) is 0 Å². The molecule has 166 valence electrons. The molecular weight excluding hydrogens is 432 g/mol. The summed E-state index contributed by atoms with van der Waals surface area (Å²) in [5.74, 6) is -1.24. The number of anilines is 1. The minimum absolute atomic E-state index is 0.0575. The van der Waals surface area contributed by atoms with E-state index in [1.54, 1.807) is 29.6 Å². The minimum atomic E-state index is -0.993. The van der Waals surface area contributed by atoms with Crippen molar-refractivity contribution in [1.29, 1.82) is 0 Å². The largest absolute Gasteiger partial charge is 0.478 e. The molecule has 0 fully saturated rings. The van der Waals surface area contributed by atoms with E-state index in [4.69, 9.17) is 0 Å². The molecule has 0 unspecified atom stereocenters. The van der Waals surface area contributed by atoms with E-state index >= 15 is 0 Å². The molecule has 1 aromatic heterocycles. The van der Waals surface area contributed by atoms with Crippen molar-refractivity contribution in [1.82, 2.24) is 4.98 Å². The molecule has 33 heavy (non-hydrogen) atoms. The van der Waals surface area contributed by atoms with E-state index in [9.17, 15) is 14.7 Å². The van der Waals surface area contributed by atoms with Gasteiger partial charge in [0.05, 0.1) is 11.3 Å². The van der Waals surface area contributed by atoms with Crippen LogP contribution in [0.3, 0.4) is 0 Å². The third-order valence-electron chi connectivity index (χ3n) is 5.36. The van der Waals surface area contributed by atoms with Crippen molar-refractivity contribution in [3.05, 3.63) is 94.9 Å². The molecule has 3 aromatic carbocycles. The third-order valence-corrected chi connectivity index (χ3v) is 6.12. The molecule has 2 N–H and O–H groups in total. The molecule has 1 heterocycles. The highest BCUT2D eigenvalue weighted by Crippen LogP contribution is 2.30. The van der Waals surface area contributed by atoms with E-state index in [0.29, 0.717) is 22.0 Å². The Kier molecular flexibility index (Phi) is 6.11. The lowest BCUT2D eigenvalue weighted by molar-refractivity contribution is 0.0696. The molecule has 1 amide bonds. The van der Waals surface area contributed by atoms with Crippen LogP contribution in [0.4, 0.5) is 5.13 Å². The van der Waals surface area contributed by atoms with Gasteiger partial charge in [0.2, 0.25) is 0 Å². The van der Waals surface area contributed by atoms with Gasteiger partial charge in [-0.15, -0.1) is 11.3 Å². The zero-order chi connectivity index (χ0) is 23.6. The molecule has 0 aliphatic carbocycles. The summed E-state index contributed by atoms with van der Waals surface area (Å²) in [6, 6.07) is 22.4. The van der Waals surface area contributed by atoms with Gasteiger partial charge in [-0.05, 0) is 40.3 Å². The van der Waals surface area contributed by atoms with Crippen molar-refractivity contribution < 1.29 is 14.7 Å². The number of rotatable bonds is 5. The van der Waals surface area contributed by atoms with Crippen LogP contribution in [0.5, 0.6) is 0 Å². The molecule has 0 spiro atoms. The van der Waals surface area contributed by atoms with Crippen LogP contribution in [-0.4, -0.2) is 22.0 Å². The number of thiazole rings is 1. The van der Waals surface area contributed by atoms with Gasteiger partial charge < -0.3 is 5.11 Å². The smallest absolute Gasteiger partial charge is 0.335 e. The van der Waals surface area contributed by atoms with Crippen LogP contribution in [0, 0.1) is 0 Å². The molecule has 6 heteroatoms. The van der Waals surface area contributed by atoms with Gasteiger partial charge in [0, 0.05) is 16.5 Å². The molecule has 0 saturated carbocycles. The molecule has 0 saturated heterocycles. The van der Waals surface area contributed by atoms with Crippen LogP contribution < -0.4 is 5.32 Å². The van der Waals surface area contributed by atoms with E-state index in [2.05, 4.69) is 43.2 Å². The predicted octanol–water partition coefficient (Wildman–Crippen LogP) is 6.73. The van der Waals surface area contributed by atoms with Crippen molar-refractivity contribution >= 4 is 28.3 Å². The molecule has 5 nitrogen and oxygen atoms in total. The molecule has 0 aliphatic rings. The first kappa shape index (κ1) is 22.4. The lowest BCUT2D eigenvalue weighted by Gasteiger charge is -2.19. The van der Waals surface area contributed by atoms with Gasteiger partial charge in [-0.2, -0.15) is 0 Å². The Hall–Kier alpha value is -3.77. The van der Waals surface area contributed by atoms with Gasteiger partial charge in [0.1, 0.15) is 0 Å². The highest BCUT2D eigenvalue weighted by molar-refractivity contribution is 7.14. The number of carboxylic acids is 1. The zero-order valence-corrected chi connectivity index (χ0v) is 19.4. The molecule has 4 rings (SSSR count). The highest BCUT2D eigenvalue weighted by atomic mass is 32.1. The minimum Gasteiger partial charge on any atom is -0.478 e. The third kappa shape index (κ3) is 5.02. The molecule has 0 radical (unpaired) electrons. The van der Waals surface area contributed by atoms with Crippen LogP contribution in [0.15, 0.2) is 78.2 Å². The molecular formula is C27H24N2O3S. The van der Waals surface area contributed by atoms with E-state index in [-0.39, 0.29) is 16.9 Å². The summed E-state index contributed by atoms with van der Waals surface area (Å²) in [4.78, 5) is 28.8. The monoisotopic (exact) mass is 456 g/mol. The lowest BCUT2D eigenvalue weighted by Crippen LogP contribution is -2.13.